The molecule has 11 heteroatoms. The molecule has 0 aromatic carbocycles. The summed E-state index contributed by atoms with van der Waals surface area (Å²) in [6, 6.07) is 5.68. The summed E-state index contributed by atoms with van der Waals surface area (Å²) in [6.07, 6.45) is 11.7. The standard InChI is InChI=1S/C24H29N7O2S2/c1-4-18(11-25)12-26-17-30(14-19-13-28-31(15-19)21-7-5-6-9-27-21)10-8-20-16-34-23(29-20)35-24(2,3)22(32)33/h5-7,9,11-13,15-17,25H,4,8,10,14H2,1-3H3,(H,32,33)/b18-12-,25-11?,26-17+. The number of rotatable bonds is 13. The Balaban J connectivity index is 1.70. The minimum atomic E-state index is -0.931. The SMILES string of the molecule is CC/C(C=N)=C/N=C/N(CCc1csc(SC(C)(C)C(=O)O)n1)Cc1cnn(-c2ccccn2)c1. The smallest absolute Gasteiger partial charge is 0.319 e. The molecular weight excluding hydrogens is 482 g/mol. The van der Waals surface area contributed by atoms with Crippen LogP contribution in [0.1, 0.15) is 38.4 Å². The Kier molecular flexibility index (Phi) is 9.32. The number of pyridine rings is 1. The Morgan fingerprint density at radius 3 is 2.91 bits per heavy atom. The highest BCUT2D eigenvalue weighted by molar-refractivity contribution is 8.03. The third-order valence-electron chi connectivity index (χ3n) is 5.01. The zero-order valence-electron chi connectivity index (χ0n) is 20.0. The molecule has 0 aliphatic heterocycles. The molecule has 3 aromatic heterocycles. The lowest BCUT2D eigenvalue weighted by molar-refractivity contribution is -0.138. The second kappa shape index (κ2) is 12.4. The van der Waals surface area contributed by atoms with Crippen LogP contribution in [0.4, 0.5) is 0 Å². The highest BCUT2D eigenvalue weighted by Crippen LogP contribution is 2.34. The van der Waals surface area contributed by atoms with Crippen LogP contribution in [0.3, 0.4) is 0 Å². The predicted octanol–water partition coefficient (Wildman–Crippen LogP) is 4.70. The molecule has 3 aromatic rings. The van der Waals surface area contributed by atoms with E-state index in [0.29, 0.717) is 19.5 Å². The summed E-state index contributed by atoms with van der Waals surface area (Å²) in [5, 5.41) is 23.2. The largest absolute Gasteiger partial charge is 0.480 e. The number of thioether (sulfide) groups is 1. The monoisotopic (exact) mass is 511 g/mol. The average Bonchev–Trinajstić information content (AvgIpc) is 3.50. The number of carbonyl (C=O) groups is 1. The van der Waals surface area contributed by atoms with Gasteiger partial charge in [0.1, 0.15) is 4.75 Å². The third kappa shape index (κ3) is 7.86. The molecule has 0 radical (unpaired) electrons. The molecule has 184 valence electrons. The highest BCUT2D eigenvalue weighted by atomic mass is 32.2. The Morgan fingerprint density at radius 2 is 2.23 bits per heavy atom. The molecule has 3 rings (SSSR count). The van der Waals surface area contributed by atoms with Crippen LogP contribution in [-0.4, -0.2) is 59.6 Å². The fraction of sp³-hybridized carbons (Fsp3) is 0.333. The molecule has 0 bridgehead atoms. The van der Waals surface area contributed by atoms with Gasteiger partial charge in [-0.3, -0.25) is 4.79 Å². The first-order chi connectivity index (χ1) is 16.8. The van der Waals surface area contributed by atoms with Crippen molar-refractivity contribution in [2.45, 2.75) is 49.2 Å². The lowest BCUT2D eigenvalue weighted by atomic mass is 10.2. The Morgan fingerprint density at radius 1 is 1.40 bits per heavy atom. The van der Waals surface area contributed by atoms with Crippen LogP contribution in [0, 0.1) is 5.41 Å². The number of thiazole rings is 1. The summed E-state index contributed by atoms with van der Waals surface area (Å²) >= 11 is 2.72. The van der Waals surface area contributed by atoms with E-state index in [1.54, 1.807) is 37.3 Å². The van der Waals surface area contributed by atoms with Crippen molar-refractivity contribution in [1.82, 2.24) is 24.6 Å². The van der Waals surface area contributed by atoms with E-state index in [1.165, 1.54) is 29.3 Å². The molecule has 0 atom stereocenters. The summed E-state index contributed by atoms with van der Waals surface area (Å²) in [6.45, 7) is 6.59. The molecule has 0 aliphatic rings. The molecule has 3 heterocycles. The maximum absolute atomic E-state index is 11.4. The number of carboxylic acid groups (broad SMARTS) is 1. The minimum Gasteiger partial charge on any atom is -0.480 e. The Labute approximate surface area is 213 Å². The van der Waals surface area contributed by atoms with Crippen molar-refractivity contribution in [3.8, 4) is 5.82 Å². The highest BCUT2D eigenvalue weighted by Gasteiger charge is 2.29. The van der Waals surface area contributed by atoms with E-state index in [0.717, 1.165) is 33.4 Å². The van der Waals surface area contributed by atoms with Crippen LogP contribution in [0.2, 0.25) is 0 Å². The van der Waals surface area contributed by atoms with Gasteiger partial charge in [0.05, 0.1) is 18.2 Å². The number of hydrogen-bond donors (Lipinski definition) is 2. The number of allylic oxidation sites excluding steroid dienone is 1. The van der Waals surface area contributed by atoms with Crippen molar-refractivity contribution in [3.63, 3.8) is 0 Å². The molecule has 0 amide bonds. The van der Waals surface area contributed by atoms with Crippen molar-refractivity contribution < 1.29 is 9.90 Å². The molecule has 2 N–H and O–H groups in total. The molecular formula is C24H29N7O2S2. The van der Waals surface area contributed by atoms with Crippen molar-refractivity contribution in [1.29, 1.82) is 5.41 Å². The summed E-state index contributed by atoms with van der Waals surface area (Å²) in [4.78, 5) is 26.8. The Bertz CT molecular complexity index is 1190. The molecule has 0 spiro atoms. The molecule has 0 saturated carbocycles. The zero-order valence-corrected chi connectivity index (χ0v) is 21.6. The van der Waals surface area contributed by atoms with E-state index in [9.17, 15) is 9.90 Å². The van der Waals surface area contributed by atoms with Crippen molar-refractivity contribution in [2.75, 3.05) is 6.54 Å². The first kappa shape index (κ1) is 26.3. The van der Waals surface area contributed by atoms with Gasteiger partial charge in [0.15, 0.2) is 10.2 Å². The van der Waals surface area contributed by atoms with Gasteiger partial charge in [-0.2, -0.15) is 5.10 Å². The van der Waals surface area contributed by atoms with Crippen LogP contribution in [0.25, 0.3) is 5.82 Å². The number of aliphatic imine (C=N–C) groups is 1. The molecule has 0 unspecified atom stereocenters. The summed E-state index contributed by atoms with van der Waals surface area (Å²) in [5.41, 5.74) is 2.75. The van der Waals surface area contributed by atoms with Gasteiger partial charge in [0.2, 0.25) is 0 Å². The molecule has 35 heavy (non-hydrogen) atoms. The average molecular weight is 512 g/mol. The minimum absolute atomic E-state index is 0.591. The number of hydrogen-bond acceptors (Lipinski definition) is 8. The van der Waals surface area contributed by atoms with E-state index in [-0.39, 0.29) is 0 Å². The van der Waals surface area contributed by atoms with E-state index in [4.69, 9.17) is 5.41 Å². The predicted molar refractivity (Wildman–Crippen MR) is 141 cm³/mol. The van der Waals surface area contributed by atoms with Crippen molar-refractivity contribution in [3.05, 3.63) is 65.2 Å². The Hall–Kier alpha value is -3.31. The van der Waals surface area contributed by atoms with Crippen LogP contribution >= 0.6 is 23.1 Å². The first-order valence-electron chi connectivity index (χ1n) is 11.1. The van der Waals surface area contributed by atoms with Gasteiger partial charge in [0.25, 0.3) is 0 Å². The number of carboxylic acids is 1. The molecule has 0 aliphatic carbocycles. The quantitative estimate of drug-likeness (QED) is 0.194. The fourth-order valence-electron chi connectivity index (χ4n) is 2.89. The fourth-order valence-corrected chi connectivity index (χ4v) is 5.12. The van der Waals surface area contributed by atoms with Gasteiger partial charge in [-0.1, -0.05) is 24.8 Å². The number of nitrogens with zero attached hydrogens (tertiary/aromatic N) is 6. The molecule has 9 nitrogen and oxygen atoms in total. The lowest BCUT2D eigenvalue weighted by Crippen LogP contribution is -2.26. The van der Waals surface area contributed by atoms with E-state index in [2.05, 4.69) is 25.0 Å². The molecule has 0 fully saturated rings. The van der Waals surface area contributed by atoms with E-state index in [1.807, 2.05) is 42.9 Å². The lowest BCUT2D eigenvalue weighted by Gasteiger charge is -2.18. The van der Waals surface area contributed by atoms with Crippen LogP contribution in [-0.2, 0) is 17.8 Å². The van der Waals surface area contributed by atoms with Gasteiger partial charge in [0, 0.05) is 55.3 Å². The van der Waals surface area contributed by atoms with Gasteiger partial charge >= 0.3 is 5.97 Å². The van der Waals surface area contributed by atoms with Crippen LogP contribution in [0.5, 0.6) is 0 Å². The maximum atomic E-state index is 11.4. The van der Waals surface area contributed by atoms with E-state index >= 15 is 0 Å². The second-order valence-corrected chi connectivity index (χ2v) is 10.9. The van der Waals surface area contributed by atoms with Crippen molar-refractivity contribution >= 4 is 41.6 Å². The van der Waals surface area contributed by atoms with Crippen LogP contribution in [0.15, 0.2) is 63.3 Å². The van der Waals surface area contributed by atoms with Crippen LogP contribution < -0.4 is 0 Å². The number of nitrogens with one attached hydrogen (secondary N) is 1. The second-order valence-electron chi connectivity index (χ2n) is 8.19. The maximum Gasteiger partial charge on any atom is 0.319 e. The van der Waals surface area contributed by atoms with Gasteiger partial charge in [-0.25, -0.2) is 19.6 Å². The third-order valence-corrected chi connectivity index (χ3v) is 7.19. The summed E-state index contributed by atoms with van der Waals surface area (Å²) in [5.74, 6) is -0.116. The van der Waals surface area contributed by atoms with Gasteiger partial charge in [-0.15, -0.1) is 11.3 Å². The number of aromatic nitrogens is 4. The summed E-state index contributed by atoms with van der Waals surface area (Å²) < 4.78 is 1.55. The van der Waals surface area contributed by atoms with Gasteiger partial charge in [-0.05, 0) is 38.0 Å². The van der Waals surface area contributed by atoms with Crippen molar-refractivity contribution in [2.24, 2.45) is 4.99 Å². The normalized spacial score (nSPS) is 12.3. The van der Waals surface area contributed by atoms with Gasteiger partial charge < -0.3 is 15.4 Å². The first-order valence-corrected chi connectivity index (χ1v) is 12.8. The topological polar surface area (TPSA) is 120 Å². The van der Waals surface area contributed by atoms with E-state index < -0.39 is 10.7 Å². The zero-order chi connectivity index (χ0) is 25.3. The summed E-state index contributed by atoms with van der Waals surface area (Å²) in [7, 11) is 0. The number of aliphatic carboxylic acids is 1. The molecule has 0 saturated heterocycles.